The van der Waals surface area contributed by atoms with E-state index >= 15 is 0 Å². The minimum atomic E-state index is 0.115. The highest BCUT2D eigenvalue weighted by molar-refractivity contribution is 5.97. The molecule has 3 nitrogen and oxygen atoms in total. The van der Waals surface area contributed by atoms with Crippen LogP contribution < -0.4 is 5.73 Å². The fraction of sp³-hybridized carbons (Fsp3) is 0.227. The number of carbonyl (C=O) groups is 1. The maximum absolute atomic E-state index is 12.3. The largest absolute Gasteiger partial charge is 0.362 e. The van der Waals surface area contributed by atoms with Crippen LogP contribution in [0.15, 0.2) is 78.5 Å². The molecule has 25 heavy (non-hydrogen) atoms. The van der Waals surface area contributed by atoms with Gasteiger partial charge in [-0.1, -0.05) is 60.7 Å². The van der Waals surface area contributed by atoms with Gasteiger partial charge in [-0.3, -0.25) is 4.79 Å². The van der Waals surface area contributed by atoms with Crippen LogP contribution in [0.3, 0.4) is 0 Å². The highest BCUT2D eigenvalue weighted by Crippen LogP contribution is 2.27. The van der Waals surface area contributed by atoms with E-state index in [1.165, 1.54) is 11.1 Å². The third-order valence-corrected chi connectivity index (χ3v) is 4.66. The van der Waals surface area contributed by atoms with Crippen LogP contribution in [0.2, 0.25) is 0 Å². The van der Waals surface area contributed by atoms with E-state index in [-0.39, 0.29) is 11.8 Å². The summed E-state index contributed by atoms with van der Waals surface area (Å²) < 4.78 is 0. The smallest absolute Gasteiger partial charge is 0.177 e. The summed E-state index contributed by atoms with van der Waals surface area (Å²) in [6.07, 6.45) is 6.72. The summed E-state index contributed by atoms with van der Waals surface area (Å²) >= 11 is 0. The standard InChI is InChI=1S/C22H24N2O/c1-17-6-5-13-24(16-22(17)25)21(20-7-3-2-4-8-20)14-18-9-11-19(15-23)12-10-18/h2-13,21H,14-16,23H2,1H3/t21-/m0/s1. The highest BCUT2D eigenvalue weighted by atomic mass is 16.1. The zero-order valence-corrected chi connectivity index (χ0v) is 14.6. The van der Waals surface area contributed by atoms with Crippen molar-refractivity contribution in [3.8, 4) is 0 Å². The molecule has 0 fully saturated rings. The molecule has 1 aliphatic heterocycles. The van der Waals surface area contributed by atoms with Crippen LogP contribution in [-0.2, 0) is 17.8 Å². The lowest BCUT2D eigenvalue weighted by Crippen LogP contribution is -2.30. The quantitative estimate of drug-likeness (QED) is 0.906. The molecule has 128 valence electrons. The number of hydrogen-bond acceptors (Lipinski definition) is 3. The van der Waals surface area contributed by atoms with Gasteiger partial charge in [0.25, 0.3) is 0 Å². The maximum Gasteiger partial charge on any atom is 0.177 e. The molecule has 0 aliphatic carbocycles. The fourth-order valence-electron chi connectivity index (χ4n) is 3.08. The molecule has 1 heterocycles. The summed E-state index contributed by atoms with van der Waals surface area (Å²) in [6, 6.07) is 18.9. The van der Waals surface area contributed by atoms with E-state index in [9.17, 15) is 4.79 Å². The monoisotopic (exact) mass is 332 g/mol. The van der Waals surface area contributed by atoms with Gasteiger partial charge in [0.15, 0.2) is 5.78 Å². The topological polar surface area (TPSA) is 46.3 Å². The first-order valence-electron chi connectivity index (χ1n) is 8.64. The molecule has 0 amide bonds. The first kappa shape index (κ1) is 17.2. The zero-order valence-electron chi connectivity index (χ0n) is 14.6. The number of benzene rings is 2. The summed E-state index contributed by atoms with van der Waals surface area (Å²) in [6.45, 7) is 2.83. The Morgan fingerprint density at radius 1 is 1.04 bits per heavy atom. The van der Waals surface area contributed by atoms with Gasteiger partial charge < -0.3 is 10.6 Å². The van der Waals surface area contributed by atoms with Crippen molar-refractivity contribution >= 4 is 5.78 Å². The molecule has 0 aromatic heterocycles. The van der Waals surface area contributed by atoms with Gasteiger partial charge >= 0.3 is 0 Å². The first-order chi connectivity index (χ1) is 12.2. The van der Waals surface area contributed by atoms with Gasteiger partial charge in [-0.25, -0.2) is 0 Å². The summed E-state index contributed by atoms with van der Waals surface area (Å²) in [7, 11) is 0. The molecular formula is C22H24N2O. The van der Waals surface area contributed by atoms with Gasteiger partial charge in [-0.15, -0.1) is 0 Å². The average Bonchev–Trinajstić information content (AvgIpc) is 2.82. The van der Waals surface area contributed by atoms with Crippen LogP contribution in [0.1, 0.15) is 29.7 Å². The maximum atomic E-state index is 12.3. The van der Waals surface area contributed by atoms with E-state index in [2.05, 4.69) is 41.3 Å². The van der Waals surface area contributed by atoms with Gasteiger partial charge in [-0.2, -0.15) is 0 Å². The fourth-order valence-corrected chi connectivity index (χ4v) is 3.08. The number of nitrogens with two attached hydrogens (primary N) is 1. The van der Waals surface area contributed by atoms with Gasteiger partial charge in [0.1, 0.15) is 0 Å². The summed E-state index contributed by atoms with van der Waals surface area (Å²) in [5.41, 5.74) is 10.1. The Bertz CT molecular complexity index is 775. The Balaban J connectivity index is 1.89. The van der Waals surface area contributed by atoms with E-state index in [1.54, 1.807) is 0 Å². The van der Waals surface area contributed by atoms with Crippen LogP contribution >= 0.6 is 0 Å². The Kier molecular flexibility index (Phi) is 5.46. The summed E-state index contributed by atoms with van der Waals surface area (Å²) in [4.78, 5) is 14.5. The van der Waals surface area contributed by atoms with Crippen molar-refractivity contribution in [2.75, 3.05) is 6.54 Å². The molecular weight excluding hydrogens is 308 g/mol. The Morgan fingerprint density at radius 3 is 2.40 bits per heavy atom. The van der Waals surface area contributed by atoms with Crippen molar-refractivity contribution in [1.29, 1.82) is 0 Å². The molecule has 0 spiro atoms. The molecule has 3 heteroatoms. The molecule has 0 saturated carbocycles. The van der Waals surface area contributed by atoms with Crippen molar-refractivity contribution in [3.63, 3.8) is 0 Å². The molecule has 2 aromatic carbocycles. The Hall–Kier alpha value is -2.65. The number of ketones is 1. The Morgan fingerprint density at radius 2 is 1.72 bits per heavy atom. The number of allylic oxidation sites excluding steroid dienone is 2. The zero-order chi connectivity index (χ0) is 17.6. The molecule has 1 aliphatic rings. The van der Waals surface area contributed by atoms with Crippen LogP contribution in [0, 0.1) is 0 Å². The second kappa shape index (κ2) is 7.95. The van der Waals surface area contributed by atoms with Gasteiger partial charge in [-0.05, 0) is 41.7 Å². The minimum absolute atomic E-state index is 0.115. The van der Waals surface area contributed by atoms with Gasteiger partial charge in [0, 0.05) is 12.7 Å². The second-order valence-electron chi connectivity index (χ2n) is 6.44. The van der Waals surface area contributed by atoms with Crippen molar-refractivity contribution in [2.45, 2.75) is 25.9 Å². The van der Waals surface area contributed by atoms with Crippen LogP contribution in [0.25, 0.3) is 0 Å². The lowest BCUT2D eigenvalue weighted by Gasteiger charge is -2.30. The molecule has 0 saturated heterocycles. The highest BCUT2D eigenvalue weighted by Gasteiger charge is 2.22. The lowest BCUT2D eigenvalue weighted by atomic mass is 9.96. The number of carbonyl (C=O) groups excluding carboxylic acids is 1. The van der Waals surface area contributed by atoms with Gasteiger partial charge in [0.2, 0.25) is 0 Å². The van der Waals surface area contributed by atoms with Gasteiger partial charge in [0.05, 0.1) is 12.6 Å². The number of nitrogens with zero attached hydrogens (tertiary/aromatic N) is 1. The molecule has 3 rings (SSSR count). The van der Waals surface area contributed by atoms with Crippen LogP contribution in [0.5, 0.6) is 0 Å². The third-order valence-electron chi connectivity index (χ3n) is 4.66. The first-order valence-corrected chi connectivity index (χ1v) is 8.64. The third kappa shape index (κ3) is 4.25. The summed E-state index contributed by atoms with van der Waals surface area (Å²) in [5, 5.41) is 0. The van der Waals surface area contributed by atoms with Crippen molar-refractivity contribution in [1.82, 2.24) is 4.90 Å². The van der Waals surface area contributed by atoms with Crippen LogP contribution in [0.4, 0.5) is 0 Å². The SMILES string of the molecule is CC1=CC=CN([C@@H](Cc2ccc(CN)cc2)c2ccccc2)CC1=O. The molecule has 2 N–H and O–H groups in total. The van der Waals surface area contributed by atoms with E-state index in [4.69, 9.17) is 5.73 Å². The van der Waals surface area contributed by atoms with Crippen molar-refractivity contribution in [3.05, 3.63) is 95.2 Å². The van der Waals surface area contributed by atoms with E-state index in [0.717, 1.165) is 17.6 Å². The number of rotatable bonds is 5. The number of Topliss-reactive ketones (excluding diaryl/α,β-unsaturated/α-hetero) is 1. The summed E-state index contributed by atoms with van der Waals surface area (Å²) in [5.74, 6) is 0.171. The average molecular weight is 332 g/mol. The number of hydrogen-bond donors (Lipinski definition) is 1. The minimum Gasteiger partial charge on any atom is -0.362 e. The second-order valence-corrected chi connectivity index (χ2v) is 6.44. The van der Waals surface area contributed by atoms with Crippen LogP contribution in [-0.4, -0.2) is 17.2 Å². The van der Waals surface area contributed by atoms with Crippen molar-refractivity contribution in [2.24, 2.45) is 5.73 Å². The van der Waals surface area contributed by atoms with Crippen molar-refractivity contribution < 1.29 is 4.79 Å². The predicted octanol–water partition coefficient (Wildman–Crippen LogP) is 3.77. The molecule has 0 bridgehead atoms. The van der Waals surface area contributed by atoms with E-state index in [0.29, 0.717) is 13.1 Å². The molecule has 0 radical (unpaired) electrons. The Labute approximate surface area is 149 Å². The van der Waals surface area contributed by atoms with E-state index in [1.807, 2.05) is 43.5 Å². The molecule has 2 aromatic rings. The lowest BCUT2D eigenvalue weighted by molar-refractivity contribution is -0.116. The molecule has 1 atom stereocenters. The normalized spacial score (nSPS) is 15.7. The predicted molar refractivity (Wildman–Crippen MR) is 102 cm³/mol. The molecule has 0 unspecified atom stereocenters. The van der Waals surface area contributed by atoms with E-state index < -0.39 is 0 Å².